The fraction of sp³-hybridized carbons (Fsp3) is 1.00. The third kappa shape index (κ3) is 3.74. The van der Waals surface area contributed by atoms with E-state index in [1.165, 1.54) is 0 Å². The lowest BCUT2D eigenvalue weighted by atomic mass is 10.1. The molecule has 0 unspecified atom stereocenters. The summed E-state index contributed by atoms with van der Waals surface area (Å²) in [6, 6.07) is 0.482. The highest BCUT2D eigenvalue weighted by atomic mass is 32.2. The molecule has 90 valence electrons. The number of sulfonamides is 1. The smallest absolute Gasteiger partial charge is 0.214 e. The second kappa shape index (κ2) is 5.27. The van der Waals surface area contributed by atoms with Crippen molar-refractivity contribution in [3.05, 3.63) is 0 Å². The van der Waals surface area contributed by atoms with E-state index in [1.54, 1.807) is 4.31 Å². The lowest BCUT2D eigenvalue weighted by Crippen LogP contribution is -2.45. The van der Waals surface area contributed by atoms with Gasteiger partial charge in [0.25, 0.3) is 0 Å². The number of nitrogens with zero attached hydrogens (tertiary/aromatic N) is 1. The Bertz CT molecular complexity index is 280. The van der Waals surface area contributed by atoms with E-state index in [9.17, 15) is 8.42 Å². The minimum atomic E-state index is -3.01. The molecule has 1 N–H and O–H groups in total. The van der Waals surface area contributed by atoms with E-state index in [4.69, 9.17) is 0 Å². The van der Waals surface area contributed by atoms with Crippen molar-refractivity contribution in [1.82, 2.24) is 9.62 Å². The second-order valence-electron chi connectivity index (χ2n) is 4.63. The number of piperidine rings is 1. The summed E-state index contributed by atoms with van der Waals surface area (Å²) in [5.41, 5.74) is 0. The van der Waals surface area contributed by atoms with E-state index < -0.39 is 10.0 Å². The van der Waals surface area contributed by atoms with Gasteiger partial charge < -0.3 is 5.32 Å². The molecule has 0 radical (unpaired) electrons. The number of rotatable bonds is 4. The summed E-state index contributed by atoms with van der Waals surface area (Å²) in [7, 11) is -1.08. The van der Waals surface area contributed by atoms with Gasteiger partial charge in [-0.1, -0.05) is 13.8 Å². The zero-order valence-corrected chi connectivity index (χ0v) is 10.7. The van der Waals surface area contributed by atoms with E-state index >= 15 is 0 Å². The predicted octanol–water partition coefficient (Wildman–Crippen LogP) is 0.656. The maximum Gasteiger partial charge on any atom is 0.214 e. The SMILES string of the molecule is CNC1CCN(S(=O)(=O)CC(C)C)CC1. The summed E-state index contributed by atoms with van der Waals surface area (Å²) in [5.74, 6) is 0.481. The van der Waals surface area contributed by atoms with Crippen LogP contribution in [0.15, 0.2) is 0 Å². The highest BCUT2D eigenvalue weighted by Crippen LogP contribution is 2.15. The molecule has 0 amide bonds. The molecule has 0 saturated carbocycles. The van der Waals surface area contributed by atoms with Gasteiger partial charge in [-0.15, -0.1) is 0 Å². The maximum atomic E-state index is 11.9. The van der Waals surface area contributed by atoms with Crippen molar-refractivity contribution in [2.24, 2.45) is 5.92 Å². The fourth-order valence-corrected chi connectivity index (χ4v) is 3.77. The Morgan fingerprint density at radius 1 is 1.33 bits per heavy atom. The molecule has 0 aromatic carbocycles. The topological polar surface area (TPSA) is 49.4 Å². The molecular weight excluding hydrogens is 212 g/mol. The Hall–Kier alpha value is -0.130. The van der Waals surface area contributed by atoms with E-state index in [0.717, 1.165) is 12.8 Å². The van der Waals surface area contributed by atoms with Gasteiger partial charge in [-0.2, -0.15) is 0 Å². The summed E-state index contributed by atoms with van der Waals surface area (Å²) in [5, 5.41) is 3.20. The van der Waals surface area contributed by atoms with Crippen molar-refractivity contribution >= 4 is 10.0 Å². The molecule has 4 nitrogen and oxygen atoms in total. The van der Waals surface area contributed by atoms with E-state index in [2.05, 4.69) is 5.32 Å². The summed E-state index contributed by atoms with van der Waals surface area (Å²) in [6.45, 7) is 5.22. The minimum Gasteiger partial charge on any atom is -0.317 e. The molecule has 1 rings (SSSR count). The predicted molar refractivity (Wildman–Crippen MR) is 62.3 cm³/mol. The van der Waals surface area contributed by atoms with Crippen LogP contribution in [0.2, 0.25) is 0 Å². The average Bonchev–Trinajstić information content (AvgIpc) is 2.16. The normalized spacial score (nSPS) is 21.1. The van der Waals surface area contributed by atoms with Gasteiger partial charge in [0.1, 0.15) is 0 Å². The van der Waals surface area contributed by atoms with Crippen LogP contribution in [0.1, 0.15) is 26.7 Å². The van der Waals surface area contributed by atoms with Crippen molar-refractivity contribution in [3.63, 3.8) is 0 Å². The number of nitrogens with one attached hydrogen (secondary N) is 1. The first-order chi connectivity index (χ1) is 6.95. The first-order valence-corrected chi connectivity index (χ1v) is 7.21. The van der Waals surface area contributed by atoms with E-state index in [0.29, 0.717) is 19.1 Å². The van der Waals surface area contributed by atoms with Crippen molar-refractivity contribution in [2.45, 2.75) is 32.7 Å². The van der Waals surface area contributed by atoms with Crippen LogP contribution in [0.4, 0.5) is 0 Å². The average molecular weight is 234 g/mol. The molecule has 0 bridgehead atoms. The largest absolute Gasteiger partial charge is 0.317 e. The summed E-state index contributed by atoms with van der Waals surface area (Å²) in [6.07, 6.45) is 1.85. The van der Waals surface area contributed by atoms with Crippen LogP contribution < -0.4 is 5.32 Å². The molecule has 0 aromatic rings. The third-order valence-corrected chi connectivity index (χ3v) is 5.04. The van der Waals surface area contributed by atoms with E-state index in [-0.39, 0.29) is 11.7 Å². The van der Waals surface area contributed by atoms with Crippen molar-refractivity contribution < 1.29 is 8.42 Å². The van der Waals surface area contributed by atoms with Crippen molar-refractivity contribution in [1.29, 1.82) is 0 Å². The van der Waals surface area contributed by atoms with Gasteiger partial charge in [0.05, 0.1) is 5.75 Å². The molecule has 1 saturated heterocycles. The molecule has 1 aliphatic rings. The molecule has 1 heterocycles. The Kier molecular flexibility index (Phi) is 4.55. The highest BCUT2D eigenvalue weighted by molar-refractivity contribution is 7.89. The van der Waals surface area contributed by atoms with Crippen LogP contribution in [0, 0.1) is 5.92 Å². The Morgan fingerprint density at radius 2 is 1.87 bits per heavy atom. The molecule has 0 atom stereocenters. The van der Waals surface area contributed by atoms with Gasteiger partial charge in [0.2, 0.25) is 10.0 Å². The van der Waals surface area contributed by atoms with Gasteiger partial charge in [0.15, 0.2) is 0 Å². The zero-order chi connectivity index (χ0) is 11.5. The molecule has 0 spiro atoms. The summed E-state index contributed by atoms with van der Waals surface area (Å²) < 4.78 is 25.4. The summed E-state index contributed by atoms with van der Waals surface area (Å²) >= 11 is 0. The maximum absolute atomic E-state index is 11.9. The van der Waals surface area contributed by atoms with Crippen LogP contribution in [0.3, 0.4) is 0 Å². The van der Waals surface area contributed by atoms with Crippen molar-refractivity contribution in [2.75, 3.05) is 25.9 Å². The van der Waals surface area contributed by atoms with Crippen LogP contribution in [-0.2, 0) is 10.0 Å². The Morgan fingerprint density at radius 3 is 2.27 bits per heavy atom. The van der Waals surface area contributed by atoms with Crippen LogP contribution in [0.25, 0.3) is 0 Å². The Labute approximate surface area is 93.1 Å². The second-order valence-corrected chi connectivity index (χ2v) is 6.65. The lowest BCUT2D eigenvalue weighted by molar-refractivity contribution is 0.297. The molecule has 5 heteroatoms. The zero-order valence-electron chi connectivity index (χ0n) is 9.86. The van der Waals surface area contributed by atoms with Crippen LogP contribution in [0.5, 0.6) is 0 Å². The van der Waals surface area contributed by atoms with Gasteiger partial charge in [0, 0.05) is 19.1 Å². The molecule has 0 aliphatic carbocycles. The summed E-state index contributed by atoms with van der Waals surface area (Å²) in [4.78, 5) is 0. The molecule has 0 aromatic heterocycles. The molecule has 1 fully saturated rings. The molecule has 15 heavy (non-hydrogen) atoms. The standard InChI is InChI=1S/C10H22N2O2S/c1-9(2)8-15(13,14)12-6-4-10(11-3)5-7-12/h9-11H,4-8H2,1-3H3. The number of hydrogen-bond donors (Lipinski definition) is 1. The first kappa shape index (κ1) is 12.9. The third-order valence-electron chi connectivity index (χ3n) is 2.80. The minimum absolute atomic E-state index is 0.206. The van der Waals surface area contributed by atoms with Gasteiger partial charge in [-0.05, 0) is 25.8 Å². The van der Waals surface area contributed by atoms with Gasteiger partial charge >= 0.3 is 0 Å². The number of hydrogen-bond acceptors (Lipinski definition) is 3. The fourth-order valence-electron chi connectivity index (χ4n) is 1.95. The van der Waals surface area contributed by atoms with Crippen molar-refractivity contribution in [3.8, 4) is 0 Å². The van der Waals surface area contributed by atoms with Gasteiger partial charge in [-0.3, -0.25) is 0 Å². The van der Waals surface area contributed by atoms with Crippen LogP contribution >= 0.6 is 0 Å². The first-order valence-electron chi connectivity index (χ1n) is 5.61. The Balaban J connectivity index is 2.52. The monoisotopic (exact) mass is 234 g/mol. The van der Waals surface area contributed by atoms with E-state index in [1.807, 2.05) is 20.9 Å². The highest BCUT2D eigenvalue weighted by Gasteiger charge is 2.27. The van der Waals surface area contributed by atoms with Crippen LogP contribution in [-0.4, -0.2) is 44.7 Å². The molecular formula is C10H22N2O2S. The quantitative estimate of drug-likeness (QED) is 0.777. The lowest BCUT2D eigenvalue weighted by Gasteiger charge is -2.31. The van der Waals surface area contributed by atoms with Gasteiger partial charge in [-0.25, -0.2) is 12.7 Å². The molecule has 1 aliphatic heterocycles.